The van der Waals surface area contributed by atoms with Crippen molar-refractivity contribution in [3.8, 4) is 0 Å². The Bertz CT molecular complexity index is 998. The summed E-state index contributed by atoms with van der Waals surface area (Å²) in [7, 11) is -2.18. The predicted octanol–water partition coefficient (Wildman–Crippen LogP) is 5.52. The second-order valence-electron chi connectivity index (χ2n) is 6.91. The van der Waals surface area contributed by atoms with E-state index < -0.39 is 7.26 Å². The van der Waals surface area contributed by atoms with Crippen LogP contribution in [0.5, 0.6) is 0 Å². The Kier molecular flexibility index (Phi) is 5.90. The molecule has 4 aromatic carbocycles. The second kappa shape index (κ2) is 8.74. The van der Waals surface area contributed by atoms with Gasteiger partial charge >= 0.3 is 0 Å². The molecule has 0 aliphatic carbocycles. The highest BCUT2D eigenvalue weighted by molar-refractivity contribution is 7.96. The summed E-state index contributed by atoms with van der Waals surface area (Å²) in [6, 6.07) is 38.6. The van der Waals surface area contributed by atoms with Gasteiger partial charge in [-0.3, -0.25) is 4.79 Å². The van der Waals surface area contributed by atoms with Crippen LogP contribution in [-0.2, 0) is 0 Å². The molecule has 29 heavy (non-hydrogen) atoms. The molecule has 0 atom stereocenters. The number of hydrogen-bond acceptors (Lipinski definition) is 1. The standard InChI is InChI=1S/C26H21ClOP/c27-22-12-10-11-21(19-22)26(28)20-29(23-13-4-1-5-14-23,24-15-6-2-7-16-24)25-17-8-3-9-18-25/h1-19H,20H2/q+1. The van der Waals surface area contributed by atoms with Crippen molar-refractivity contribution in [1.82, 2.24) is 0 Å². The van der Waals surface area contributed by atoms with Gasteiger partial charge in [-0.2, -0.15) is 0 Å². The quantitative estimate of drug-likeness (QED) is 0.299. The van der Waals surface area contributed by atoms with E-state index in [1.165, 1.54) is 15.9 Å². The maximum atomic E-state index is 13.5. The summed E-state index contributed by atoms with van der Waals surface area (Å²) in [5.41, 5.74) is 0.657. The first-order valence-corrected chi connectivity index (χ1v) is 11.9. The van der Waals surface area contributed by atoms with Gasteiger partial charge in [0, 0.05) is 10.6 Å². The molecule has 0 unspecified atom stereocenters. The van der Waals surface area contributed by atoms with Crippen LogP contribution in [0.15, 0.2) is 115 Å². The minimum Gasteiger partial charge on any atom is -0.290 e. The van der Waals surface area contributed by atoms with E-state index >= 15 is 0 Å². The number of Topliss-reactive ketones (excluding diaryl/α,β-unsaturated/α-hetero) is 1. The van der Waals surface area contributed by atoms with E-state index in [4.69, 9.17) is 11.6 Å². The molecular formula is C26H21ClOP+. The average Bonchev–Trinajstić information content (AvgIpc) is 2.79. The van der Waals surface area contributed by atoms with Gasteiger partial charge in [-0.15, -0.1) is 0 Å². The number of rotatable bonds is 6. The van der Waals surface area contributed by atoms with Gasteiger partial charge in [-0.05, 0) is 48.5 Å². The zero-order valence-electron chi connectivity index (χ0n) is 15.9. The molecule has 0 radical (unpaired) electrons. The Balaban J connectivity index is 1.94. The number of carbonyl (C=O) groups is 1. The fourth-order valence-electron chi connectivity index (χ4n) is 3.74. The van der Waals surface area contributed by atoms with Gasteiger partial charge < -0.3 is 0 Å². The van der Waals surface area contributed by atoms with Crippen LogP contribution in [0.4, 0.5) is 0 Å². The van der Waals surface area contributed by atoms with Crippen molar-refractivity contribution in [2.45, 2.75) is 0 Å². The molecule has 0 aliphatic heterocycles. The van der Waals surface area contributed by atoms with Gasteiger partial charge in [0.1, 0.15) is 29.3 Å². The molecule has 4 rings (SSSR count). The molecule has 0 saturated heterocycles. The Morgan fingerprint density at radius 1 is 0.621 bits per heavy atom. The first kappa shape index (κ1) is 19.6. The van der Waals surface area contributed by atoms with Crippen LogP contribution < -0.4 is 15.9 Å². The minimum atomic E-state index is -2.18. The zero-order chi connectivity index (χ0) is 20.1. The minimum absolute atomic E-state index is 0.109. The molecule has 0 saturated carbocycles. The fraction of sp³-hybridized carbons (Fsp3) is 0.0385. The normalized spacial score (nSPS) is 11.2. The molecule has 3 heteroatoms. The van der Waals surface area contributed by atoms with Crippen LogP contribution in [0.2, 0.25) is 5.02 Å². The van der Waals surface area contributed by atoms with Gasteiger partial charge in [-0.25, -0.2) is 0 Å². The summed E-state index contributed by atoms with van der Waals surface area (Å²) >= 11 is 6.17. The molecule has 142 valence electrons. The summed E-state index contributed by atoms with van der Waals surface area (Å²) in [5, 5.41) is 4.19. The highest BCUT2D eigenvalue weighted by atomic mass is 35.5. The van der Waals surface area contributed by atoms with Crippen LogP contribution in [0.25, 0.3) is 0 Å². The monoisotopic (exact) mass is 415 g/mol. The van der Waals surface area contributed by atoms with Crippen molar-refractivity contribution in [3.05, 3.63) is 126 Å². The van der Waals surface area contributed by atoms with Gasteiger partial charge in [0.2, 0.25) is 5.78 Å². The third-order valence-corrected chi connectivity index (χ3v) is 9.65. The fourth-order valence-corrected chi connectivity index (χ4v) is 8.03. The van der Waals surface area contributed by atoms with E-state index in [0.717, 1.165) is 0 Å². The zero-order valence-corrected chi connectivity index (χ0v) is 17.6. The molecule has 0 heterocycles. The highest BCUT2D eigenvalue weighted by Gasteiger charge is 2.47. The van der Waals surface area contributed by atoms with E-state index in [9.17, 15) is 4.79 Å². The average molecular weight is 416 g/mol. The van der Waals surface area contributed by atoms with Crippen molar-refractivity contribution >= 4 is 40.6 Å². The predicted molar refractivity (Wildman–Crippen MR) is 126 cm³/mol. The third kappa shape index (κ3) is 4.03. The summed E-state index contributed by atoms with van der Waals surface area (Å²) in [5.74, 6) is 0.109. The Labute approximate surface area is 177 Å². The number of ketones is 1. The van der Waals surface area contributed by atoms with Gasteiger partial charge in [0.15, 0.2) is 0 Å². The summed E-state index contributed by atoms with van der Waals surface area (Å²) in [6.45, 7) is 0. The first-order chi connectivity index (χ1) is 14.2. The van der Waals surface area contributed by atoms with E-state index in [1.54, 1.807) is 12.1 Å². The number of halogens is 1. The molecule has 1 nitrogen and oxygen atoms in total. The number of benzene rings is 4. The number of carbonyl (C=O) groups excluding carboxylic acids is 1. The molecule has 0 fully saturated rings. The Hall–Kier alpha value is -2.73. The van der Waals surface area contributed by atoms with Crippen LogP contribution in [0, 0.1) is 0 Å². The molecule has 0 N–H and O–H groups in total. The maximum Gasteiger partial charge on any atom is 0.201 e. The molecule has 0 bridgehead atoms. The molecular weight excluding hydrogens is 395 g/mol. The molecule has 0 aromatic heterocycles. The molecule has 0 spiro atoms. The largest absolute Gasteiger partial charge is 0.290 e. The van der Waals surface area contributed by atoms with E-state index in [1.807, 2.05) is 30.3 Å². The topological polar surface area (TPSA) is 17.1 Å². The lowest BCUT2D eigenvalue weighted by Gasteiger charge is -2.27. The van der Waals surface area contributed by atoms with E-state index in [0.29, 0.717) is 16.7 Å². The summed E-state index contributed by atoms with van der Waals surface area (Å²) in [4.78, 5) is 13.5. The van der Waals surface area contributed by atoms with Crippen LogP contribution in [0.3, 0.4) is 0 Å². The maximum absolute atomic E-state index is 13.5. The molecule has 0 aliphatic rings. The van der Waals surface area contributed by atoms with Crippen LogP contribution >= 0.6 is 18.9 Å². The molecule has 4 aromatic rings. The SMILES string of the molecule is O=C(C[P+](c1ccccc1)(c1ccccc1)c1ccccc1)c1cccc(Cl)c1. The van der Waals surface area contributed by atoms with Crippen LogP contribution in [0.1, 0.15) is 10.4 Å². The third-order valence-electron chi connectivity index (χ3n) is 5.12. The van der Waals surface area contributed by atoms with E-state index in [-0.39, 0.29) is 5.78 Å². The van der Waals surface area contributed by atoms with Crippen molar-refractivity contribution in [2.75, 3.05) is 6.16 Å². The lowest BCUT2D eigenvalue weighted by molar-refractivity contribution is 0.102. The van der Waals surface area contributed by atoms with Crippen molar-refractivity contribution in [1.29, 1.82) is 0 Å². The Morgan fingerprint density at radius 3 is 1.48 bits per heavy atom. The van der Waals surface area contributed by atoms with Crippen molar-refractivity contribution in [3.63, 3.8) is 0 Å². The summed E-state index contributed by atoms with van der Waals surface area (Å²) in [6.07, 6.45) is 0.422. The number of hydrogen-bond donors (Lipinski definition) is 0. The smallest absolute Gasteiger partial charge is 0.201 e. The lowest BCUT2D eigenvalue weighted by Crippen LogP contribution is -2.35. The first-order valence-electron chi connectivity index (χ1n) is 9.54. The highest BCUT2D eigenvalue weighted by Crippen LogP contribution is 2.55. The van der Waals surface area contributed by atoms with Gasteiger partial charge in [0.05, 0.1) is 0 Å². The Morgan fingerprint density at radius 2 is 1.07 bits per heavy atom. The van der Waals surface area contributed by atoms with Crippen LogP contribution in [-0.4, -0.2) is 11.9 Å². The summed E-state index contributed by atoms with van der Waals surface area (Å²) < 4.78 is 0. The van der Waals surface area contributed by atoms with E-state index in [2.05, 4.69) is 72.8 Å². The molecule has 0 amide bonds. The van der Waals surface area contributed by atoms with Gasteiger partial charge in [-0.1, -0.05) is 78.3 Å². The van der Waals surface area contributed by atoms with Crippen molar-refractivity contribution in [2.24, 2.45) is 0 Å². The van der Waals surface area contributed by atoms with Crippen molar-refractivity contribution < 1.29 is 4.79 Å². The second-order valence-corrected chi connectivity index (χ2v) is 10.8. The lowest BCUT2D eigenvalue weighted by atomic mass is 10.1. The van der Waals surface area contributed by atoms with Gasteiger partial charge in [0.25, 0.3) is 0 Å².